The number of aliphatic hydroxyl groups excluding tert-OH is 1. The van der Waals surface area contributed by atoms with Gasteiger partial charge in [-0.1, -0.05) is 12.1 Å². The van der Waals surface area contributed by atoms with Gasteiger partial charge in [0.05, 0.1) is 6.10 Å². The lowest BCUT2D eigenvalue weighted by molar-refractivity contribution is 0.118. The molecule has 3 N–H and O–H groups in total. The van der Waals surface area contributed by atoms with E-state index in [1.165, 1.54) is 0 Å². The fourth-order valence-electron chi connectivity index (χ4n) is 3.06. The van der Waals surface area contributed by atoms with Gasteiger partial charge in [-0.25, -0.2) is 4.79 Å². The SMILES string of the molecule is Cc1ccc(-c2ccc(C)c(NC(=O)NC3CCC(O)CC3)c2)o1. The molecule has 1 aliphatic rings. The summed E-state index contributed by atoms with van der Waals surface area (Å²) in [4.78, 5) is 12.3. The Bertz CT molecular complexity index is 715. The van der Waals surface area contributed by atoms with E-state index in [2.05, 4.69) is 10.6 Å². The van der Waals surface area contributed by atoms with Crippen molar-refractivity contribution in [3.63, 3.8) is 0 Å². The zero-order valence-corrected chi connectivity index (χ0v) is 14.1. The molecule has 1 saturated carbocycles. The first-order valence-corrected chi connectivity index (χ1v) is 8.44. The van der Waals surface area contributed by atoms with E-state index in [1.54, 1.807) is 0 Å². The molecule has 0 spiro atoms. The molecular weight excluding hydrogens is 304 g/mol. The monoisotopic (exact) mass is 328 g/mol. The third-order valence-electron chi connectivity index (χ3n) is 4.54. The standard InChI is InChI=1S/C19H24N2O3/c1-12-3-5-14(18-10-4-13(2)24-18)11-17(12)21-19(23)20-15-6-8-16(22)9-7-15/h3-5,10-11,15-16,22H,6-9H2,1-2H3,(H2,20,21,23). The van der Waals surface area contributed by atoms with Gasteiger partial charge in [0.15, 0.2) is 0 Å². The molecule has 1 fully saturated rings. The summed E-state index contributed by atoms with van der Waals surface area (Å²) in [6.45, 7) is 3.87. The largest absolute Gasteiger partial charge is 0.461 e. The Morgan fingerprint density at radius 1 is 1.12 bits per heavy atom. The van der Waals surface area contributed by atoms with Gasteiger partial charge in [0, 0.05) is 17.3 Å². The van der Waals surface area contributed by atoms with Crippen molar-refractivity contribution >= 4 is 11.7 Å². The number of rotatable bonds is 3. The van der Waals surface area contributed by atoms with Gasteiger partial charge in [0.1, 0.15) is 11.5 Å². The minimum atomic E-state index is -0.221. The Labute approximate surface area is 142 Å². The van der Waals surface area contributed by atoms with Crippen molar-refractivity contribution in [1.29, 1.82) is 0 Å². The number of nitrogens with one attached hydrogen (secondary N) is 2. The van der Waals surface area contributed by atoms with E-state index in [9.17, 15) is 9.90 Å². The number of furan rings is 1. The van der Waals surface area contributed by atoms with Crippen LogP contribution in [-0.2, 0) is 0 Å². The van der Waals surface area contributed by atoms with Crippen LogP contribution in [0.15, 0.2) is 34.7 Å². The maximum atomic E-state index is 12.3. The van der Waals surface area contributed by atoms with Gasteiger partial charge in [-0.3, -0.25) is 0 Å². The second-order valence-electron chi connectivity index (χ2n) is 6.54. The van der Waals surface area contributed by atoms with Gasteiger partial charge in [-0.2, -0.15) is 0 Å². The fourth-order valence-corrected chi connectivity index (χ4v) is 3.06. The molecule has 5 heteroatoms. The lowest BCUT2D eigenvalue weighted by Gasteiger charge is -2.26. The summed E-state index contributed by atoms with van der Waals surface area (Å²) in [7, 11) is 0. The van der Waals surface area contributed by atoms with E-state index in [-0.39, 0.29) is 18.2 Å². The molecule has 24 heavy (non-hydrogen) atoms. The van der Waals surface area contributed by atoms with E-state index < -0.39 is 0 Å². The Balaban J connectivity index is 1.66. The smallest absolute Gasteiger partial charge is 0.319 e. The van der Waals surface area contributed by atoms with Crippen LogP contribution in [0.25, 0.3) is 11.3 Å². The van der Waals surface area contributed by atoms with Crippen molar-refractivity contribution in [3.05, 3.63) is 41.7 Å². The third-order valence-corrected chi connectivity index (χ3v) is 4.54. The molecule has 1 aromatic heterocycles. The molecular formula is C19H24N2O3. The maximum absolute atomic E-state index is 12.3. The summed E-state index contributed by atoms with van der Waals surface area (Å²) >= 11 is 0. The number of aliphatic hydroxyl groups is 1. The van der Waals surface area contributed by atoms with Crippen molar-refractivity contribution in [1.82, 2.24) is 5.32 Å². The third kappa shape index (κ3) is 3.97. The Hall–Kier alpha value is -2.27. The lowest BCUT2D eigenvalue weighted by Crippen LogP contribution is -2.41. The van der Waals surface area contributed by atoms with Crippen LogP contribution in [0.1, 0.15) is 37.0 Å². The number of benzene rings is 1. The highest BCUT2D eigenvalue weighted by Crippen LogP contribution is 2.27. The fraction of sp³-hybridized carbons (Fsp3) is 0.421. The second kappa shape index (κ2) is 7.09. The first-order valence-electron chi connectivity index (χ1n) is 8.44. The first-order chi connectivity index (χ1) is 11.5. The highest BCUT2D eigenvalue weighted by Gasteiger charge is 2.21. The number of aryl methyl sites for hydroxylation is 2. The highest BCUT2D eigenvalue weighted by atomic mass is 16.3. The minimum absolute atomic E-state index is 0.129. The quantitative estimate of drug-likeness (QED) is 0.797. The summed E-state index contributed by atoms with van der Waals surface area (Å²) in [6, 6.07) is 9.66. The Morgan fingerprint density at radius 2 is 1.88 bits per heavy atom. The number of anilines is 1. The van der Waals surface area contributed by atoms with Crippen molar-refractivity contribution < 1.29 is 14.3 Å². The molecule has 0 radical (unpaired) electrons. The van der Waals surface area contributed by atoms with Crippen molar-refractivity contribution in [2.45, 2.75) is 51.7 Å². The Kier molecular flexibility index (Phi) is 4.90. The van der Waals surface area contributed by atoms with Gasteiger partial charge in [-0.15, -0.1) is 0 Å². The van der Waals surface area contributed by atoms with Crippen LogP contribution in [0, 0.1) is 13.8 Å². The predicted molar refractivity (Wildman–Crippen MR) is 94.0 cm³/mol. The number of urea groups is 1. The molecule has 1 aliphatic carbocycles. The predicted octanol–water partition coefficient (Wildman–Crippen LogP) is 3.99. The summed E-state index contributed by atoms with van der Waals surface area (Å²) in [6.07, 6.45) is 2.91. The Morgan fingerprint density at radius 3 is 2.54 bits per heavy atom. The average Bonchev–Trinajstić information content (AvgIpc) is 2.98. The molecule has 2 amide bonds. The first kappa shape index (κ1) is 16.6. The maximum Gasteiger partial charge on any atom is 0.319 e. The van der Waals surface area contributed by atoms with Gasteiger partial charge in [-0.05, 0) is 63.3 Å². The normalized spacial score (nSPS) is 20.6. The molecule has 0 aliphatic heterocycles. The van der Waals surface area contributed by atoms with Gasteiger partial charge < -0.3 is 20.2 Å². The van der Waals surface area contributed by atoms with Crippen LogP contribution in [0.2, 0.25) is 0 Å². The van der Waals surface area contributed by atoms with Gasteiger partial charge in [0.25, 0.3) is 0 Å². The van der Waals surface area contributed by atoms with E-state index in [0.29, 0.717) is 0 Å². The molecule has 3 rings (SSSR count). The number of carbonyl (C=O) groups excluding carboxylic acids is 1. The zero-order valence-electron chi connectivity index (χ0n) is 14.1. The van der Waals surface area contributed by atoms with Crippen LogP contribution in [0.5, 0.6) is 0 Å². The molecule has 2 aromatic rings. The van der Waals surface area contributed by atoms with Crippen LogP contribution in [-0.4, -0.2) is 23.3 Å². The molecule has 1 heterocycles. The molecule has 128 valence electrons. The summed E-state index contributed by atoms with van der Waals surface area (Å²) < 4.78 is 5.65. The topological polar surface area (TPSA) is 74.5 Å². The van der Waals surface area contributed by atoms with Crippen LogP contribution in [0.3, 0.4) is 0 Å². The molecule has 0 saturated heterocycles. The lowest BCUT2D eigenvalue weighted by atomic mass is 9.93. The van der Waals surface area contributed by atoms with E-state index in [0.717, 1.165) is 54.0 Å². The molecule has 1 aromatic carbocycles. The van der Waals surface area contributed by atoms with E-state index >= 15 is 0 Å². The molecule has 0 atom stereocenters. The van der Waals surface area contributed by atoms with Crippen molar-refractivity contribution in [2.24, 2.45) is 0 Å². The van der Waals surface area contributed by atoms with E-state index in [4.69, 9.17) is 4.42 Å². The molecule has 5 nitrogen and oxygen atoms in total. The number of hydrogen-bond acceptors (Lipinski definition) is 3. The second-order valence-corrected chi connectivity index (χ2v) is 6.54. The molecule has 0 unspecified atom stereocenters. The summed E-state index contributed by atoms with van der Waals surface area (Å²) in [5.74, 6) is 1.65. The van der Waals surface area contributed by atoms with E-state index in [1.807, 2.05) is 44.2 Å². The van der Waals surface area contributed by atoms with Crippen LogP contribution >= 0.6 is 0 Å². The number of carbonyl (C=O) groups is 1. The number of hydrogen-bond donors (Lipinski definition) is 3. The van der Waals surface area contributed by atoms with Gasteiger partial charge in [0.2, 0.25) is 0 Å². The summed E-state index contributed by atoms with van der Waals surface area (Å²) in [5.41, 5.74) is 2.70. The number of amides is 2. The summed E-state index contributed by atoms with van der Waals surface area (Å²) in [5, 5.41) is 15.5. The molecule has 0 bridgehead atoms. The van der Waals surface area contributed by atoms with Crippen LogP contribution < -0.4 is 10.6 Å². The highest BCUT2D eigenvalue weighted by molar-refractivity contribution is 5.91. The van der Waals surface area contributed by atoms with Crippen molar-refractivity contribution in [2.75, 3.05) is 5.32 Å². The van der Waals surface area contributed by atoms with Crippen molar-refractivity contribution in [3.8, 4) is 11.3 Å². The van der Waals surface area contributed by atoms with Crippen LogP contribution in [0.4, 0.5) is 10.5 Å². The minimum Gasteiger partial charge on any atom is -0.461 e. The van der Waals surface area contributed by atoms with Gasteiger partial charge >= 0.3 is 6.03 Å². The zero-order chi connectivity index (χ0) is 17.1. The average molecular weight is 328 g/mol.